The molecule has 19 heavy (non-hydrogen) atoms. The predicted octanol–water partition coefficient (Wildman–Crippen LogP) is 3.84. The van der Waals surface area contributed by atoms with Crippen molar-refractivity contribution in [3.8, 4) is 0 Å². The highest BCUT2D eigenvalue weighted by Crippen LogP contribution is 2.31. The maximum atomic E-state index is 12.0. The molecular weight excluding hydrogens is 308 g/mol. The first-order chi connectivity index (χ1) is 8.91. The molecule has 0 radical (unpaired) electrons. The van der Waals surface area contributed by atoms with Crippen molar-refractivity contribution in [3.63, 3.8) is 0 Å². The van der Waals surface area contributed by atoms with Crippen LogP contribution in [0.15, 0.2) is 39.9 Å². The summed E-state index contributed by atoms with van der Waals surface area (Å²) in [5, 5.41) is 10.2. The van der Waals surface area contributed by atoms with Gasteiger partial charge in [0.25, 0.3) is 0 Å². The van der Waals surface area contributed by atoms with Gasteiger partial charge in [0.15, 0.2) is 0 Å². The summed E-state index contributed by atoms with van der Waals surface area (Å²) in [6, 6.07) is 4.93. The van der Waals surface area contributed by atoms with Crippen molar-refractivity contribution < 1.29 is 14.7 Å². The smallest absolute Gasteiger partial charge is 0.234 e. The van der Waals surface area contributed by atoms with E-state index >= 15 is 0 Å². The van der Waals surface area contributed by atoms with Crippen molar-refractivity contribution in [2.45, 2.75) is 20.3 Å². The van der Waals surface area contributed by atoms with Crippen LogP contribution in [-0.2, 0) is 4.79 Å². The van der Waals surface area contributed by atoms with Gasteiger partial charge < -0.3 is 5.11 Å². The normalized spacial score (nSPS) is 14.5. The summed E-state index contributed by atoms with van der Waals surface area (Å²) in [5.41, 5.74) is 1.87. The second-order valence-corrected chi connectivity index (χ2v) is 5.58. The highest BCUT2D eigenvalue weighted by atomic mass is 79.9. The Bertz CT molecular complexity index is 635. The molecule has 0 aromatic heterocycles. The lowest BCUT2D eigenvalue weighted by Gasteiger charge is -2.17. The standard InChI is InChI=1S/C15H13BrO3/c1-8(2)3-5-11-13(17)10-6-4-9(16)7-12(10)15(19)14(11)18/h3-4,6-7,17H,5H2,1-2H3. The fraction of sp³-hybridized carbons (Fsp3) is 0.200. The third-order valence-electron chi connectivity index (χ3n) is 2.96. The van der Waals surface area contributed by atoms with E-state index in [9.17, 15) is 14.7 Å². The number of aliphatic hydroxyl groups is 1. The fourth-order valence-corrected chi connectivity index (χ4v) is 2.30. The van der Waals surface area contributed by atoms with Crippen LogP contribution in [-0.4, -0.2) is 16.7 Å². The number of rotatable bonds is 2. The van der Waals surface area contributed by atoms with Gasteiger partial charge in [0.2, 0.25) is 11.6 Å². The fourth-order valence-electron chi connectivity index (χ4n) is 1.94. The molecule has 0 unspecified atom stereocenters. The van der Waals surface area contributed by atoms with E-state index in [1.807, 2.05) is 19.9 Å². The molecule has 1 aliphatic carbocycles. The average Bonchev–Trinajstić information content (AvgIpc) is 2.35. The molecule has 1 N–H and O–H groups in total. The third kappa shape index (κ3) is 2.54. The molecule has 1 aliphatic rings. The van der Waals surface area contributed by atoms with E-state index in [4.69, 9.17) is 0 Å². The molecule has 0 saturated carbocycles. The minimum Gasteiger partial charge on any atom is -0.507 e. The summed E-state index contributed by atoms with van der Waals surface area (Å²) in [5.74, 6) is -1.28. The lowest BCUT2D eigenvalue weighted by atomic mass is 9.87. The highest BCUT2D eigenvalue weighted by Gasteiger charge is 2.32. The number of carbonyl (C=O) groups is 2. The lowest BCUT2D eigenvalue weighted by Crippen LogP contribution is -2.23. The molecule has 1 aromatic rings. The summed E-state index contributed by atoms with van der Waals surface area (Å²) in [6.07, 6.45) is 2.09. The summed E-state index contributed by atoms with van der Waals surface area (Å²) < 4.78 is 0.702. The van der Waals surface area contributed by atoms with Crippen LogP contribution in [0, 0.1) is 0 Å². The van der Waals surface area contributed by atoms with E-state index in [0.29, 0.717) is 10.0 Å². The molecular formula is C15H13BrO3. The van der Waals surface area contributed by atoms with E-state index in [1.54, 1.807) is 18.2 Å². The van der Waals surface area contributed by atoms with Gasteiger partial charge in [-0.1, -0.05) is 27.6 Å². The Hall–Kier alpha value is -1.68. The second kappa shape index (κ2) is 5.13. The van der Waals surface area contributed by atoms with Crippen molar-refractivity contribution in [2.75, 3.05) is 0 Å². The van der Waals surface area contributed by atoms with E-state index in [1.165, 1.54) is 0 Å². The Labute approximate surface area is 119 Å². The number of hydrogen-bond donors (Lipinski definition) is 1. The first kappa shape index (κ1) is 13.7. The molecule has 0 saturated heterocycles. The van der Waals surface area contributed by atoms with Gasteiger partial charge >= 0.3 is 0 Å². The number of ketones is 2. The van der Waals surface area contributed by atoms with Gasteiger partial charge in [-0.15, -0.1) is 0 Å². The minimum atomic E-state index is -0.624. The molecule has 0 spiro atoms. The van der Waals surface area contributed by atoms with Gasteiger partial charge in [-0.25, -0.2) is 0 Å². The quantitative estimate of drug-likeness (QED) is 0.665. The van der Waals surface area contributed by atoms with Gasteiger partial charge in [0.1, 0.15) is 5.76 Å². The van der Waals surface area contributed by atoms with Gasteiger partial charge in [0.05, 0.1) is 0 Å². The molecule has 0 amide bonds. The molecule has 0 fully saturated rings. The zero-order valence-electron chi connectivity index (χ0n) is 10.7. The van der Waals surface area contributed by atoms with Crippen molar-refractivity contribution in [1.82, 2.24) is 0 Å². The SMILES string of the molecule is CC(C)=CCC1=C(O)c2ccc(Br)cc2C(=O)C1=O. The van der Waals surface area contributed by atoms with Gasteiger partial charge in [0, 0.05) is 21.2 Å². The third-order valence-corrected chi connectivity index (χ3v) is 3.46. The van der Waals surface area contributed by atoms with E-state index in [0.717, 1.165) is 5.57 Å². The summed E-state index contributed by atoms with van der Waals surface area (Å²) in [4.78, 5) is 24.0. The van der Waals surface area contributed by atoms with Gasteiger partial charge in [-0.3, -0.25) is 9.59 Å². The Morgan fingerprint density at radius 2 is 1.89 bits per heavy atom. The van der Waals surface area contributed by atoms with Crippen LogP contribution in [0.5, 0.6) is 0 Å². The largest absolute Gasteiger partial charge is 0.507 e. The van der Waals surface area contributed by atoms with Gasteiger partial charge in [-0.2, -0.15) is 0 Å². The zero-order chi connectivity index (χ0) is 14.2. The zero-order valence-corrected chi connectivity index (χ0v) is 12.2. The van der Waals surface area contributed by atoms with Crippen molar-refractivity contribution in [2.24, 2.45) is 0 Å². The molecule has 0 bridgehead atoms. The van der Waals surface area contributed by atoms with Crippen LogP contribution in [0.1, 0.15) is 36.2 Å². The number of halogens is 1. The Morgan fingerprint density at radius 1 is 1.21 bits per heavy atom. The number of hydrogen-bond acceptors (Lipinski definition) is 3. The lowest BCUT2D eigenvalue weighted by molar-refractivity contribution is -0.112. The molecule has 0 heterocycles. The van der Waals surface area contributed by atoms with Crippen molar-refractivity contribution >= 4 is 33.3 Å². The maximum Gasteiger partial charge on any atom is 0.234 e. The van der Waals surface area contributed by atoms with E-state index in [-0.39, 0.29) is 23.3 Å². The van der Waals surface area contributed by atoms with Gasteiger partial charge in [-0.05, 0) is 38.5 Å². The predicted molar refractivity (Wildman–Crippen MR) is 77.1 cm³/mol. The van der Waals surface area contributed by atoms with Crippen LogP contribution >= 0.6 is 15.9 Å². The number of aliphatic hydroxyl groups excluding tert-OH is 1. The molecule has 98 valence electrons. The second-order valence-electron chi connectivity index (χ2n) is 4.66. The number of allylic oxidation sites excluding steroid dienone is 3. The van der Waals surface area contributed by atoms with Crippen LogP contribution in [0.2, 0.25) is 0 Å². The first-order valence-corrected chi connectivity index (χ1v) is 6.65. The van der Waals surface area contributed by atoms with Crippen LogP contribution in [0.3, 0.4) is 0 Å². The van der Waals surface area contributed by atoms with Crippen LogP contribution in [0.25, 0.3) is 5.76 Å². The number of fused-ring (bicyclic) bond motifs is 1. The summed E-state index contributed by atoms with van der Waals surface area (Å²) in [7, 11) is 0. The van der Waals surface area contributed by atoms with E-state index < -0.39 is 11.6 Å². The Balaban J connectivity index is 2.58. The summed E-state index contributed by atoms with van der Waals surface area (Å²) in [6.45, 7) is 3.80. The molecule has 4 heteroatoms. The first-order valence-electron chi connectivity index (χ1n) is 5.86. The van der Waals surface area contributed by atoms with E-state index in [2.05, 4.69) is 15.9 Å². The topological polar surface area (TPSA) is 54.4 Å². The van der Waals surface area contributed by atoms with Crippen LogP contribution < -0.4 is 0 Å². The maximum absolute atomic E-state index is 12.0. The number of benzene rings is 1. The van der Waals surface area contributed by atoms with Crippen molar-refractivity contribution in [3.05, 3.63) is 51.0 Å². The Morgan fingerprint density at radius 3 is 2.53 bits per heavy atom. The molecule has 0 atom stereocenters. The molecule has 2 rings (SSSR count). The molecule has 3 nitrogen and oxygen atoms in total. The average molecular weight is 321 g/mol. The minimum absolute atomic E-state index is 0.0930. The molecule has 0 aliphatic heterocycles. The number of Topliss-reactive ketones (excluding diaryl/α,β-unsaturated/α-hetero) is 2. The molecule has 1 aromatic carbocycles. The van der Waals surface area contributed by atoms with Crippen molar-refractivity contribution in [1.29, 1.82) is 0 Å². The summed E-state index contributed by atoms with van der Waals surface area (Å²) >= 11 is 3.25. The highest BCUT2D eigenvalue weighted by molar-refractivity contribution is 9.10. The monoisotopic (exact) mass is 320 g/mol. The Kier molecular flexibility index (Phi) is 3.71. The van der Waals surface area contributed by atoms with Crippen LogP contribution in [0.4, 0.5) is 0 Å². The number of carbonyl (C=O) groups excluding carboxylic acids is 2.